The van der Waals surface area contributed by atoms with Gasteiger partial charge in [-0.05, 0) is 60.9 Å². The van der Waals surface area contributed by atoms with Gasteiger partial charge < -0.3 is 19.9 Å². The molecule has 1 unspecified atom stereocenters. The molecule has 0 radical (unpaired) electrons. The first kappa shape index (κ1) is 18.6. The Morgan fingerprint density at radius 3 is 2.75 bits per heavy atom. The number of aromatic nitrogens is 2. The van der Waals surface area contributed by atoms with Crippen molar-refractivity contribution in [2.45, 2.75) is 18.9 Å². The molecular weight excluding hydrogens is 406 g/mol. The first-order valence-corrected chi connectivity index (χ1v) is 10.5. The summed E-state index contributed by atoms with van der Waals surface area (Å²) >= 11 is 0. The van der Waals surface area contributed by atoms with Gasteiger partial charge >= 0.3 is 5.97 Å². The number of ether oxygens (including phenoxy) is 2. The summed E-state index contributed by atoms with van der Waals surface area (Å²) in [6.07, 6.45) is 1.77. The van der Waals surface area contributed by atoms with E-state index in [2.05, 4.69) is 17.4 Å². The van der Waals surface area contributed by atoms with Gasteiger partial charge in [0.25, 0.3) is 0 Å². The number of carbonyl (C=O) groups is 1. The van der Waals surface area contributed by atoms with E-state index in [0.29, 0.717) is 22.5 Å². The molecule has 4 aromatic rings. The maximum Gasteiger partial charge on any atom is 0.335 e. The monoisotopic (exact) mass is 425 g/mol. The molecule has 7 nitrogen and oxygen atoms in total. The van der Waals surface area contributed by atoms with Crippen LogP contribution in [-0.4, -0.2) is 27.8 Å². The zero-order valence-electron chi connectivity index (χ0n) is 17.0. The molecule has 1 atom stereocenters. The number of rotatable bonds is 3. The van der Waals surface area contributed by atoms with Gasteiger partial charge in [-0.15, -0.1) is 0 Å². The van der Waals surface area contributed by atoms with Crippen LogP contribution in [0.3, 0.4) is 0 Å². The number of benzene rings is 3. The molecular formula is C25H19N3O4. The van der Waals surface area contributed by atoms with Crippen LogP contribution in [-0.2, 0) is 6.42 Å². The molecule has 7 heteroatoms. The minimum Gasteiger partial charge on any atom is -0.478 e. The van der Waals surface area contributed by atoms with Gasteiger partial charge in [-0.3, -0.25) is 0 Å². The largest absolute Gasteiger partial charge is 0.478 e. The average Bonchev–Trinajstić information content (AvgIpc) is 3.30. The normalized spacial score (nSPS) is 16.4. The van der Waals surface area contributed by atoms with Crippen molar-refractivity contribution < 1.29 is 19.4 Å². The number of hydrogen-bond acceptors (Lipinski definition) is 6. The van der Waals surface area contributed by atoms with Crippen LogP contribution in [0.5, 0.6) is 11.5 Å². The van der Waals surface area contributed by atoms with Gasteiger partial charge in [-0.25, -0.2) is 14.8 Å². The quantitative estimate of drug-likeness (QED) is 0.486. The average molecular weight is 425 g/mol. The van der Waals surface area contributed by atoms with Crippen molar-refractivity contribution in [3.05, 3.63) is 77.5 Å². The highest BCUT2D eigenvalue weighted by atomic mass is 16.7. The number of hydrogen-bond donors (Lipinski definition) is 2. The zero-order valence-corrected chi connectivity index (χ0v) is 17.0. The Balaban J connectivity index is 1.52. The Labute approximate surface area is 183 Å². The van der Waals surface area contributed by atoms with Crippen LogP contribution in [0.15, 0.2) is 60.7 Å². The zero-order chi connectivity index (χ0) is 21.7. The van der Waals surface area contributed by atoms with E-state index in [9.17, 15) is 9.90 Å². The summed E-state index contributed by atoms with van der Waals surface area (Å²) in [7, 11) is 0. The van der Waals surface area contributed by atoms with Crippen molar-refractivity contribution in [1.82, 2.24) is 9.97 Å². The minimum atomic E-state index is -0.986. The second-order valence-electron chi connectivity index (χ2n) is 7.93. The lowest BCUT2D eigenvalue weighted by molar-refractivity contribution is 0.0697. The maximum atomic E-state index is 11.5. The Kier molecular flexibility index (Phi) is 4.21. The van der Waals surface area contributed by atoms with Crippen molar-refractivity contribution >= 4 is 22.7 Å². The molecule has 6 rings (SSSR count). The fraction of sp³-hybridized carbons (Fsp3) is 0.160. The second kappa shape index (κ2) is 7.23. The van der Waals surface area contributed by atoms with Crippen LogP contribution in [0.2, 0.25) is 0 Å². The van der Waals surface area contributed by atoms with E-state index in [1.807, 2.05) is 30.3 Å². The molecule has 0 saturated carbocycles. The second-order valence-corrected chi connectivity index (χ2v) is 7.93. The molecule has 0 aliphatic carbocycles. The number of nitrogens with zero attached hydrogens (tertiary/aromatic N) is 2. The molecule has 0 fully saturated rings. The molecule has 3 aromatic carbocycles. The molecule has 0 amide bonds. The Morgan fingerprint density at radius 2 is 1.84 bits per heavy atom. The van der Waals surface area contributed by atoms with Gasteiger partial charge in [0.1, 0.15) is 0 Å². The van der Waals surface area contributed by atoms with E-state index >= 15 is 0 Å². The standard InChI is InChI=1S/C25H19N3O4/c29-25(30)16-6-8-18-20(11-16)28-24(19-9-5-14-3-1-2-4-17(14)26-19)23(27-18)15-7-10-21-22(12-15)32-13-31-21/h1-4,6-8,10-12,19,26H,5,9,13H2,(H,29,30). The van der Waals surface area contributed by atoms with Crippen molar-refractivity contribution in [2.24, 2.45) is 0 Å². The van der Waals surface area contributed by atoms with Gasteiger partial charge in [0.05, 0.1) is 34.0 Å². The number of carboxylic acid groups (broad SMARTS) is 1. The highest BCUT2D eigenvalue weighted by Gasteiger charge is 2.26. The van der Waals surface area contributed by atoms with Crippen molar-refractivity contribution in [3.63, 3.8) is 0 Å². The van der Waals surface area contributed by atoms with Crippen LogP contribution in [0.25, 0.3) is 22.3 Å². The van der Waals surface area contributed by atoms with E-state index in [4.69, 9.17) is 19.4 Å². The topological polar surface area (TPSA) is 93.6 Å². The van der Waals surface area contributed by atoms with Crippen molar-refractivity contribution in [2.75, 3.05) is 12.1 Å². The number of anilines is 1. The molecule has 158 valence electrons. The van der Waals surface area contributed by atoms with E-state index in [1.54, 1.807) is 18.2 Å². The summed E-state index contributed by atoms with van der Waals surface area (Å²) in [5, 5.41) is 13.0. The van der Waals surface area contributed by atoms with Crippen LogP contribution in [0.1, 0.15) is 34.1 Å². The number of aryl methyl sites for hydroxylation is 1. The molecule has 2 N–H and O–H groups in total. The SMILES string of the molecule is O=C(O)c1ccc2nc(-c3ccc4c(c3)OCO4)c(C3CCc4ccccc4N3)nc2c1. The third kappa shape index (κ3) is 3.10. The third-order valence-electron chi connectivity index (χ3n) is 5.96. The molecule has 0 bridgehead atoms. The van der Waals surface area contributed by atoms with E-state index in [-0.39, 0.29) is 18.4 Å². The Hall–Kier alpha value is -4.13. The molecule has 2 aliphatic rings. The summed E-state index contributed by atoms with van der Waals surface area (Å²) in [5.74, 6) is 0.401. The molecule has 1 aromatic heterocycles. The summed E-state index contributed by atoms with van der Waals surface area (Å²) < 4.78 is 11.0. The number of carboxylic acids is 1. The highest BCUT2D eigenvalue weighted by molar-refractivity contribution is 5.92. The predicted molar refractivity (Wildman–Crippen MR) is 119 cm³/mol. The molecule has 2 aliphatic heterocycles. The summed E-state index contributed by atoms with van der Waals surface area (Å²) in [6, 6.07) is 18.8. The molecule has 3 heterocycles. The summed E-state index contributed by atoms with van der Waals surface area (Å²) in [6.45, 7) is 0.202. The summed E-state index contributed by atoms with van der Waals surface area (Å²) in [4.78, 5) is 21.3. The fourth-order valence-electron chi connectivity index (χ4n) is 4.34. The number of fused-ring (bicyclic) bond motifs is 3. The Morgan fingerprint density at radius 1 is 0.969 bits per heavy atom. The lowest BCUT2D eigenvalue weighted by atomic mass is 9.93. The number of para-hydroxylation sites is 1. The van der Waals surface area contributed by atoms with E-state index < -0.39 is 5.97 Å². The Bertz CT molecular complexity index is 1390. The minimum absolute atomic E-state index is 0.0595. The first-order valence-electron chi connectivity index (χ1n) is 10.5. The highest BCUT2D eigenvalue weighted by Crippen LogP contribution is 2.40. The van der Waals surface area contributed by atoms with Crippen molar-refractivity contribution in [3.8, 4) is 22.8 Å². The third-order valence-corrected chi connectivity index (χ3v) is 5.96. The van der Waals surface area contributed by atoms with Gasteiger partial charge in [0.15, 0.2) is 11.5 Å². The number of nitrogens with one attached hydrogen (secondary N) is 1. The lowest BCUT2D eigenvalue weighted by Gasteiger charge is -2.28. The predicted octanol–water partition coefficient (Wildman–Crippen LogP) is 4.82. The van der Waals surface area contributed by atoms with E-state index in [1.165, 1.54) is 5.56 Å². The fourth-order valence-corrected chi connectivity index (χ4v) is 4.34. The van der Waals surface area contributed by atoms with Crippen LogP contribution in [0.4, 0.5) is 5.69 Å². The van der Waals surface area contributed by atoms with Crippen LogP contribution in [0, 0.1) is 0 Å². The lowest BCUT2D eigenvalue weighted by Crippen LogP contribution is -2.20. The maximum absolute atomic E-state index is 11.5. The molecule has 0 saturated heterocycles. The van der Waals surface area contributed by atoms with Gasteiger partial charge in [-0.1, -0.05) is 18.2 Å². The van der Waals surface area contributed by atoms with Gasteiger partial charge in [0, 0.05) is 11.3 Å². The van der Waals surface area contributed by atoms with Gasteiger partial charge in [-0.2, -0.15) is 0 Å². The van der Waals surface area contributed by atoms with E-state index in [0.717, 1.165) is 35.5 Å². The van der Waals surface area contributed by atoms with Crippen LogP contribution >= 0.6 is 0 Å². The van der Waals surface area contributed by atoms with Crippen molar-refractivity contribution in [1.29, 1.82) is 0 Å². The smallest absolute Gasteiger partial charge is 0.335 e. The van der Waals surface area contributed by atoms with Gasteiger partial charge in [0.2, 0.25) is 6.79 Å². The number of aromatic carboxylic acids is 1. The first-order chi connectivity index (χ1) is 15.7. The molecule has 0 spiro atoms. The van der Waals surface area contributed by atoms with Crippen LogP contribution < -0.4 is 14.8 Å². The molecule has 32 heavy (non-hydrogen) atoms. The summed E-state index contributed by atoms with van der Waals surface area (Å²) in [5.41, 5.74) is 6.16.